The molecule has 256 valence electrons. The minimum atomic E-state index is -0.465. The van der Waals surface area contributed by atoms with E-state index in [0.717, 1.165) is 9.80 Å². The smallest absolute Gasteiger partial charge is 0.242 e. The average molecular weight is 644 g/mol. The van der Waals surface area contributed by atoms with E-state index in [9.17, 15) is 43.2 Å². The first-order valence-corrected chi connectivity index (χ1v) is 14.1. The number of aldehydes is 1. The van der Waals surface area contributed by atoms with Gasteiger partial charge in [0.15, 0.2) is 0 Å². The largest absolute Gasteiger partial charge is 0.355 e. The molecule has 0 radical (unpaired) electrons. The lowest BCUT2D eigenvalue weighted by molar-refractivity contribution is -0.142. The normalized spacial score (nSPS) is 9.78. The highest BCUT2D eigenvalue weighted by Gasteiger charge is 2.21. The maximum atomic E-state index is 12.1. The number of carbonyl (C=O) groups excluding carboxylic acids is 9. The van der Waals surface area contributed by atoms with Crippen LogP contribution in [0, 0.1) is 0 Å². The summed E-state index contributed by atoms with van der Waals surface area (Å²) in [5.41, 5.74) is 0. The van der Waals surface area contributed by atoms with Crippen molar-refractivity contribution in [3.63, 3.8) is 0 Å². The zero-order valence-corrected chi connectivity index (χ0v) is 27.6. The minimum Gasteiger partial charge on any atom is -0.355 e. The van der Waals surface area contributed by atoms with Crippen molar-refractivity contribution in [2.75, 3.05) is 108 Å². The van der Waals surface area contributed by atoms with E-state index in [1.165, 1.54) is 61.9 Å². The fourth-order valence-corrected chi connectivity index (χ4v) is 3.05. The Morgan fingerprint density at radius 2 is 0.889 bits per heavy atom. The van der Waals surface area contributed by atoms with E-state index in [4.69, 9.17) is 0 Å². The molecule has 0 saturated carbocycles. The Kier molecular flexibility index (Phi) is 22.5. The Labute approximate surface area is 264 Å². The molecule has 0 heterocycles. The van der Waals surface area contributed by atoms with E-state index in [1.807, 2.05) is 6.92 Å². The first-order chi connectivity index (χ1) is 21.0. The molecule has 0 atom stereocenters. The van der Waals surface area contributed by atoms with Crippen LogP contribution in [0.3, 0.4) is 0 Å². The van der Waals surface area contributed by atoms with Gasteiger partial charge >= 0.3 is 0 Å². The molecule has 0 aliphatic heterocycles. The number of carbonyl (C=O) groups is 9. The molecule has 0 bridgehead atoms. The molecule has 3 N–H and O–H groups in total. The summed E-state index contributed by atoms with van der Waals surface area (Å²) in [6, 6.07) is 0. The van der Waals surface area contributed by atoms with Crippen molar-refractivity contribution in [2.45, 2.75) is 13.8 Å². The van der Waals surface area contributed by atoms with Crippen molar-refractivity contribution in [1.29, 1.82) is 0 Å². The summed E-state index contributed by atoms with van der Waals surface area (Å²) in [4.78, 5) is 110. The van der Waals surface area contributed by atoms with Gasteiger partial charge < -0.3 is 50.1 Å². The molecule has 0 spiro atoms. The summed E-state index contributed by atoms with van der Waals surface area (Å²) in [6.45, 7) is 4.04. The van der Waals surface area contributed by atoms with Crippen LogP contribution in [0.5, 0.6) is 0 Å². The topological polar surface area (TPSA) is 209 Å². The summed E-state index contributed by atoms with van der Waals surface area (Å²) < 4.78 is 0. The van der Waals surface area contributed by atoms with E-state index < -0.39 is 17.7 Å². The molecule has 0 fully saturated rings. The SMILES string of the molecule is CCNCC(=O)N(C)CC(=O)N(C)CC(=O)N(C)CC(=O)NCC.CN(C=O)CC(=O)N(C)CC(=O)N(C)CC(=O)NCC=O. The number of nitrogens with zero attached hydrogens (tertiary/aromatic N) is 6. The molecule has 0 saturated heterocycles. The van der Waals surface area contributed by atoms with Crippen LogP contribution in [0.25, 0.3) is 0 Å². The van der Waals surface area contributed by atoms with Crippen LogP contribution in [-0.4, -0.2) is 191 Å². The average Bonchev–Trinajstić information content (AvgIpc) is 2.98. The van der Waals surface area contributed by atoms with E-state index in [-0.39, 0.29) is 76.0 Å². The third-order valence-electron chi connectivity index (χ3n) is 5.85. The number of amides is 8. The fourth-order valence-electron chi connectivity index (χ4n) is 3.05. The second-order valence-electron chi connectivity index (χ2n) is 9.97. The highest BCUT2D eigenvalue weighted by Crippen LogP contribution is 1.95. The summed E-state index contributed by atoms with van der Waals surface area (Å²) in [6.07, 6.45) is 1.05. The second-order valence-corrected chi connectivity index (χ2v) is 9.97. The molecule has 0 aromatic heterocycles. The van der Waals surface area contributed by atoms with Crippen molar-refractivity contribution in [3.8, 4) is 0 Å². The van der Waals surface area contributed by atoms with Gasteiger partial charge in [0.05, 0.1) is 52.4 Å². The van der Waals surface area contributed by atoms with Crippen LogP contribution >= 0.6 is 0 Å². The quantitative estimate of drug-likeness (QED) is 0.115. The molecule has 18 nitrogen and oxygen atoms in total. The number of nitrogens with one attached hydrogen (secondary N) is 3. The third kappa shape index (κ3) is 20.1. The maximum absolute atomic E-state index is 12.1. The lowest BCUT2D eigenvalue weighted by Crippen LogP contribution is -2.47. The van der Waals surface area contributed by atoms with Crippen molar-refractivity contribution in [2.24, 2.45) is 0 Å². The van der Waals surface area contributed by atoms with Gasteiger partial charge in [0.2, 0.25) is 47.8 Å². The molecule has 0 aromatic carbocycles. The fraction of sp³-hybridized carbons (Fsp3) is 0.667. The summed E-state index contributed by atoms with van der Waals surface area (Å²) in [5, 5.41) is 7.79. The van der Waals surface area contributed by atoms with Crippen LogP contribution in [0.1, 0.15) is 13.8 Å². The van der Waals surface area contributed by atoms with E-state index in [1.54, 1.807) is 6.92 Å². The van der Waals surface area contributed by atoms with E-state index >= 15 is 0 Å². The number of likely N-dealkylation sites (N-methyl/N-ethyl adjacent to an activating group) is 8. The van der Waals surface area contributed by atoms with Crippen molar-refractivity contribution >= 4 is 54.0 Å². The molecule has 8 amide bonds. The minimum absolute atomic E-state index is 0.0597. The number of rotatable bonds is 19. The standard InChI is InChI=1S/C15H29N5O4.C12H20N4O5/c1-6-16-8-13(22)19(4)10-15(24)20(5)11-14(23)18(3)9-12(21)17-7-2;1-14(9-18)7-11(20)16(3)8-12(21)15(2)6-10(19)13-4-5-17/h16H,6-11H2,1-5H3,(H,17,21);5,9H,4,6-8H2,1-3H3,(H,13,19). The van der Waals surface area contributed by atoms with Gasteiger partial charge in [-0.05, 0) is 13.5 Å². The van der Waals surface area contributed by atoms with Crippen LogP contribution < -0.4 is 16.0 Å². The van der Waals surface area contributed by atoms with E-state index in [0.29, 0.717) is 25.8 Å². The first-order valence-electron chi connectivity index (χ1n) is 14.1. The molecular weight excluding hydrogens is 594 g/mol. The van der Waals surface area contributed by atoms with Crippen LogP contribution in [0.15, 0.2) is 0 Å². The molecule has 0 aliphatic rings. The number of hydrogen-bond acceptors (Lipinski definition) is 10. The molecule has 0 rings (SSSR count). The van der Waals surface area contributed by atoms with Crippen LogP contribution in [0.2, 0.25) is 0 Å². The lowest BCUT2D eigenvalue weighted by Gasteiger charge is -2.24. The van der Waals surface area contributed by atoms with Crippen molar-refractivity contribution < 1.29 is 43.2 Å². The van der Waals surface area contributed by atoms with Gasteiger partial charge in [-0.1, -0.05) is 6.92 Å². The van der Waals surface area contributed by atoms with Gasteiger partial charge in [0, 0.05) is 48.8 Å². The zero-order chi connectivity index (χ0) is 35.1. The summed E-state index contributed by atoms with van der Waals surface area (Å²) in [5.74, 6) is -2.43. The molecule has 0 aliphatic carbocycles. The summed E-state index contributed by atoms with van der Waals surface area (Å²) >= 11 is 0. The van der Waals surface area contributed by atoms with Crippen LogP contribution in [0.4, 0.5) is 0 Å². The Morgan fingerprint density at radius 1 is 0.511 bits per heavy atom. The Balaban J connectivity index is 0. The Morgan fingerprint density at radius 3 is 1.27 bits per heavy atom. The second kappa shape index (κ2) is 23.8. The highest BCUT2D eigenvalue weighted by molar-refractivity contribution is 5.90. The van der Waals surface area contributed by atoms with Gasteiger partial charge in [-0.25, -0.2) is 0 Å². The van der Waals surface area contributed by atoms with Gasteiger partial charge in [-0.15, -0.1) is 0 Å². The molecular formula is C27H49N9O9. The predicted octanol–water partition coefficient (Wildman–Crippen LogP) is -4.59. The molecule has 45 heavy (non-hydrogen) atoms. The van der Waals surface area contributed by atoms with Crippen molar-refractivity contribution in [1.82, 2.24) is 45.3 Å². The molecule has 0 aromatic rings. The predicted molar refractivity (Wildman–Crippen MR) is 163 cm³/mol. The maximum Gasteiger partial charge on any atom is 0.242 e. The van der Waals surface area contributed by atoms with Gasteiger partial charge in [0.25, 0.3) is 0 Å². The Bertz CT molecular complexity index is 1030. The first kappa shape index (κ1) is 42.5. The number of hydrogen-bond donors (Lipinski definition) is 3. The van der Waals surface area contributed by atoms with E-state index in [2.05, 4.69) is 16.0 Å². The monoisotopic (exact) mass is 643 g/mol. The molecule has 18 heteroatoms. The van der Waals surface area contributed by atoms with Gasteiger partial charge in [-0.2, -0.15) is 0 Å². The van der Waals surface area contributed by atoms with Gasteiger partial charge in [0.1, 0.15) is 6.29 Å². The summed E-state index contributed by atoms with van der Waals surface area (Å²) in [7, 11) is 8.82. The van der Waals surface area contributed by atoms with Crippen molar-refractivity contribution in [3.05, 3.63) is 0 Å². The van der Waals surface area contributed by atoms with Gasteiger partial charge in [-0.3, -0.25) is 38.4 Å². The third-order valence-corrected chi connectivity index (χ3v) is 5.85. The zero-order valence-electron chi connectivity index (χ0n) is 27.6. The van der Waals surface area contributed by atoms with Crippen LogP contribution in [-0.2, 0) is 43.2 Å². The highest BCUT2D eigenvalue weighted by atomic mass is 16.2. The molecule has 0 unspecified atom stereocenters. The Hall–Kier alpha value is -4.61. The lowest BCUT2D eigenvalue weighted by atomic mass is 10.4.